The van der Waals surface area contributed by atoms with Gasteiger partial charge in [0.2, 0.25) is 5.91 Å². The minimum atomic E-state index is -0.0615. The third kappa shape index (κ3) is 3.06. The molecule has 2 aromatic carbocycles. The lowest BCUT2D eigenvalue weighted by atomic mass is 9.84. The van der Waals surface area contributed by atoms with Gasteiger partial charge in [-0.15, -0.1) is 0 Å². The van der Waals surface area contributed by atoms with E-state index in [4.69, 9.17) is 0 Å². The molecule has 1 saturated carbocycles. The molecule has 0 bridgehead atoms. The minimum absolute atomic E-state index is 0.0615. The molecule has 0 aromatic heterocycles. The number of rotatable bonds is 4. The maximum Gasteiger partial charge on any atom is 0.223 e. The maximum absolute atomic E-state index is 12.4. The predicted octanol–water partition coefficient (Wildman–Crippen LogP) is 4.31. The molecule has 1 atom stereocenters. The van der Waals surface area contributed by atoms with Crippen molar-refractivity contribution in [3.8, 4) is 0 Å². The van der Waals surface area contributed by atoms with Gasteiger partial charge in [0.1, 0.15) is 0 Å². The Morgan fingerprint density at radius 1 is 1.00 bits per heavy atom. The van der Waals surface area contributed by atoms with E-state index in [1.54, 1.807) is 0 Å². The zero-order valence-electron chi connectivity index (χ0n) is 13.3. The van der Waals surface area contributed by atoms with Crippen LogP contribution in [0.4, 0.5) is 0 Å². The van der Waals surface area contributed by atoms with Gasteiger partial charge in [0.15, 0.2) is 0 Å². The van der Waals surface area contributed by atoms with Crippen LogP contribution in [-0.4, -0.2) is 5.91 Å². The number of aryl methyl sites for hydroxylation is 2. The highest BCUT2D eigenvalue weighted by Crippen LogP contribution is 2.29. The van der Waals surface area contributed by atoms with Crippen molar-refractivity contribution in [2.45, 2.75) is 39.2 Å². The molecule has 1 aliphatic carbocycles. The average Bonchev–Trinajstić information content (AvgIpc) is 2.47. The molecule has 0 saturated heterocycles. The Morgan fingerprint density at radius 3 is 2.32 bits per heavy atom. The number of hydrogen-bond donors (Lipinski definition) is 1. The second kappa shape index (κ2) is 6.35. The van der Waals surface area contributed by atoms with Crippen LogP contribution in [0.25, 0.3) is 0 Å². The fourth-order valence-corrected chi connectivity index (χ4v) is 2.88. The maximum atomic E-state index is 12.4. The van der Waals surface area contributed by atoms with Gasteiger partial charge in [-0.25, -0.2) is 0 Å². The first kappa shape index (κ1) is 14.8. The molecule has 114 valence electrons. The standard InChI is InChI=1S/C20H23NO/c1-14-11-12-18(13-15(14)2)19(16-7-4-3-5-8-16)21-20(22)17-9-6-10-17/h3-5,7-8,11-13,17,19H,6,9-10H2,1-2H3,(H,21,22)/t19-/m0/s1. The summed E-state index contributed by atoms with van der Waals surface area (Å²) < 4.78 is 0. The van der Waals surface area contributed by atoms with Crippen molar-refractivity contribution in [1.82, 2.24) is 5.32 Å². The molecule has 2 heteroatoms. The van der Waals surface area contributed by atoms with Crippen LogP contribution in [0.3, 0.4) is 0 Å². The fourth-order valence-electron chi connectivity index (χ4n) is 2.88. The van der Waals surface area contributed by atoms with Gasteiger partial charge in [0.05, 0.1) is 6.04 Å². The number of carbonyl (C=O) groups is 1. The summed E-state index contributed by atoms with van der Waals surface area (Å²) in [5.41, 5.74) is 4.83. The monoisotopic (exact) mass is 293 g/mol. The SMILES string of the molecule is Cc1ccc([C@@H](NC(=O)C2CCC2)c2ccccc2)cc1C. The Morgan fingerprint density at radius 2 is 1.73 bits per heavy atom. The van der Waals surface area contributed by atoms with E-state index < -0.39 is 0 Å². The van der Waals surface area contributed by atoms with E-state index in [-0.39, 0.29) is 17.9 Å². The van der Waals surface area contributed by atoms with Gasteiger partial charge >= 0.3 is 0 Å². The highest BCUT2D eigenvalue weighted by Gasteiger charge is 2.27. The van der Waals surface area contributed by atoms with E-state index in [0.717, 1.165) is 24.0 Å². The van der Waals surface area contributed by atoms with Crippen LogP contribution in [0.5, 0.6) is 0 Å². The molecular formula is C20H23NO. The van der Waals surface area contributed by atoms with Crippen LogP contribution in [0, 0.1) is 19.8 Å². The Labute approximate surface area is 132 Å². The summed E-state index contributed by atoms with van der Waals surface area (Å²) in [5, 5.41) is 3.26. The lowest BCUT2D eigenvalue weighted by molar-refractivity contribution is -0.127. The van der Waals surface area contributed by atoms with Crippen LogP contribution in [-0.2, 0) is 4.79 Å². The zero-order chi connectivity index (χ0) is 15.5. The molecule has 1 N–H and O–H groups in total. The number of carbonyl (C=O) groups excluding carboxylic acids is 1. The molecule has 0 unspecified atom stereocenters. The van der Waals surface area contributed by atoms with Crippen molar-refractivity contribution < 1.29 is 4.79 Å². The second-order valence-electron chi connectivity index (χ2n) is 6.32. The Hall–Kier alpha value is -2.09. The minimum Gasteiger partial charge on any atom is -0.345 e. The van der Waals surface area contributed by atoms with Gasteiger partial charge in [0, 0.05) is 5.92 Å². The second-order valence-corrected chi connectivity index (χ2v) is 6.32. The zero-order valence-corrected chi connectivity index (χ0v) is 13.3. The Kier molecular flexibility index (Phi) is 4.28. The summed E-state index contributed by atoms with van der Waals surface area (Å²) in [5.74, 6) is 0.399. The van der Waals surface area contributed by atoms with E-state index in [1.165, 1.54) is 17.5 Å². The van der Waals surface area contributed by atoms with Gasteiger partial charge < -0.3 is 5.32 Å². The molecule has 22 heavy (non-hydrogen) atoms. The molecule has 0 spiro atoms. The topological polar surface area (TPSA) is 29.1 Å². The molecular weight excluding hydrogens is 270 g/mol. The third-order valence-electron chi connectivity index (χ3n) is 4.76. The fraction of sp³-hybridized carbons (Fsp3) is 0.350. The van der Waals surface area contributed by atoms with Gasteiger partial charge in [-0.2, -0.15) is 0 Å². The number of nitrogens with one attached hydrogen (secondary N) is 1. The molecule has 2 nitrogen and oxygen atoms in total. The first-order valence-electron chi connectivity index (χ1n) is 8.07. The van der Waals surface area contributed by atoms with Gasteiger partial charge in [0.25, 0.3) is 0 Å². The summed E-state index contributed by atoms with van der Waals surface area (Å²) in [6, 6.07) is 16.6. The summed E-state index contributed by atoms with van der Waals surface area (Å²) >= 11 is 0. The molecule has 0 heterocycles. The third-order valence-corrected chi connectivity index (χ3v) is 4.76. The van der Waals surface area contributed by atoms with E-state index in [0.29, 0.717) is 0 Å². The van der Waals surface area contributed by atoms with Crippen molar-refractivity contribution in [2.24, 2.45) is 5.92 Å². The summed E-state index contributed by atoms with van der Waals surface area (Å²) in [4.78, 5) is 12.4. The van der Waals surface area contributed by atoms with E-state index >= 15 is 0 Å². The van der Waals surface area contributed by atoms with Gasteiger partial charge in [-0.1, -0.05) is 55.0 Å². The smallest absolute Gasteiger partial charge is 0.223 e. The molecule has 1 amide bonds. The van der Waals surface area contributed by atoms with Crippen molar-refractivity contribution in [1.29, 1.82) is 0 Å². The quantitative estimate of drug-likeness (QED) is 0.894. The first-order chi connectivity index (χ1) is 10.6. The Balaban J connectivity index is 1.91. The highest BCUT2D eigenvalue weighted by molar-refractivity contribution is 5.80. The number of hydrogen-bond acceptors (Lipinski definition) is 1. The molecule has 2 aromatic rings. The van der Waals surface area contributed by atoms with Crippen molar-refractivity contribution in [3.05, 3.63) is 70.8 Å². The van der Waals surface area contributed by atoms with Crippen LogP contribution >= 0.6 is 0 Å². The summed E-state index contributed by atoms with van der Waals surface area (Å²) in [6.45, 7) is 4.23. The van der Waals surface area contributed by atoms with Crippen molar-refractivity contribution in [2.75, 3.05) is 0 Å². The summed E-state index contributed by atoms with van der Waals surface area (Å²) in [7, 11) is 0. The van der Waals surface area contributed by atoms with E-state index in [1.807, 2.05) is 18.2 Å². The highest BCUT2D eigenvalue weighted by atomic mass is 16.2. The molecule has 3 rings (SSSR count). The first-order valence-corrected chi connectivity index (χ1v) is 8.07. The largest absolute Gasteiger partial charge is 0.345 e. The van der Waals surface area contributed by atoms with E-state index in [9.17, 15) is 4.79 Å². The van der Waals surface area contributed by atoms with Crippen LogP contribution in [0.15, 0.2) is 48.5 Å². The van der Waals surface area contributed by atoms with Crippen molar-refractivity contribution >= 4 is 5.91 Å². The normalized spacial score (nSPS) is 15.9. The summed E-state index contributed by atoms with van der Waals surface area (Å²) in [6.07, 6.45) is 3.23. The van der Waals surface area contributed by atoms with Gasteiger partial charge in [-0.3, -0.25) is 4.79 Å². The molecule has 1 fully saturated rings. The predicted molar refractivity (Wildman–Crippen MR) is 89.7 cm³/mol. The van der Waals surface area contributed by atoms with Crippen LogP contribution < -0.4 is 5.32 Å². The number of benzene rings is 2. The number of amides is 1. The van der Waals surface area contributed by atoms with Crippen molar-refractivity contribution in [3.63, 3.8) is 0 Å². The van der Waals surface area contributed by atoms with Crippen LogP contribution in [0.1, 0.15) is 47.6 Å². The van der Waals surface area contributed by atoms with Crippen LogP contribution in [0.2, 0.25) is 0 Å². The lowest BCUT2D eigenvalue weighted by Gasteiger charge is -2.28. The van der Waals surface area contributed by atoms with E-state index in [2.05, 4.69) is 49.5 Å². The molecule has 0 radical (unpaired) electrons. The lowest BCUT2D eigenvalue weighted by Crippen LogP contribution is -2.37. The Bertz CT molecular complexity index is 659. The van der Waals surface area contributed by atoms with Gasteiger partial charge in [-0.05, 0) is 48.9 Å². The average molecular weight is 293 g/mol. The molecule has 1 aliphatic rings. The molecule has 0 aliphatic heterocycles.